The molecule has 0 aliphatic rings. The molecule has 1 aromatic heterocycles. The zero-order chi connectivity index (χ0) is 10.6. The van der Waals surface area contributed by atoms with Crippen LogP contribution >= 0.6 is 11.8 Å². The van der Waals surface area contributed by atoms with E-state index in [4.69, 9.17) is 0 Å². The molecule has 0 atom stereocenters. The van der Waals surface area contributed by atoms with Gasteiger partial charge in [-0.25, -0.2) is 9.97 Å². The molecular formula is C9H13N3OS. The Morgan fingerprint density at radius 2 is 2.29 bits per heavy atom. The third kappa shape index (κ3) is 3.08. The molecule has 1 rings (SSSR count). The molecule has 0 saturated carbocycles. The number of carbonyl (C=O) groups is 1. The van der Waals surface area contributed by atoms with Crippen LogP contribution in [-0.4, -0.2) is 47.5 Å². The summed E-state index contributed by atoms with van der Waals surface area (Å²) in [5, 5.41) is 0.634. The highest BCUT2D eigenvalue weighted by Gasteiger charge is 2.09. The number of rotatable bonds is 4. The Hall–Kier alpha value is -0.940. The van der Waals surface area contributed by atoms with E-state index in [1.807, 2.05) is 25.3 Å². The molecule has 0 aromatic carbocycles. The van der Waals surface area contributed by atoms with Gasteiger partial charge in [-0.3, -0.25) is 4.79 Å². The number of aromatic nitrogens is 2. The van der Waals surface area contributed by atoms with Crippen LogP contribution in [-0.2, 0) is 0 Å². The number of hydrogen-bond donors (Lipinski definition) is 0. The molecule has 0 spiro atoms. The number of hydrogen-bond acceptors (Lipinski definition) is 5. The largest absolute Gasteiger partial charge is 0.302 e. The molecule has 76 valence electrons. The summed E-state index contributed by atoms with van der Waals surface area (Å²) in [5.74, 6) is 0.0210. The molecular weight excluding hydrogens is 198 g/mol. The number of likely N-dealkylation sites (N-methyl/N-ethyl adjacent to an activating group) is 1. The average molecular weight is 211 g/mol. The summed E-state index contributed by atoms with van der Waals surface area (Å²) < 4.78 is 0. The van der Waals surface area contributed by atoms with Crippen LogP contribution in [0.5, 0.6) is 0 Å². The number of thioether (sulfide) groups is 1. The van der Waals surface area contributed by atoms with Gasteiger partial charge < -0.3 is 4.90 Å². The lowest BCUT2D eigenvalue weighted by Gasteiger charge is -2.07. The van der Waals surface area contributed by atoms with Crippen LogP contribution in [0.4, 0.5) is 0 Å². The topological polar surface area (TPSA) is 46.1 Å². The van der Waals surface area contributed by atoms with Crippen LogP contribution in [0.1, 0.15) is 10.5 Å². The Morgan fingerprint density at radius 1 is 1.57 bits per heavy atom. The van der Waals surface area contributed by atoms with Crippen molar-refractivity contribution in [2.75, 3.05) is 26.9 Å². The molecule has 0 unspecified atom stereocenters. The van der Waals surface area contributed by atoms with Crippen molar-refractivity contribution in [3.05, 3.63) is 18.0 Å². The van der Waals surface area contributed by atoms with Gasteiger partial charge in [0.25, 0.3) is 0 Å². The third-order valence-electron chi connectivity index (χ3n) is 1.56. The van der Waals surface area contributed by atoms with E-state index >= 15 is 0 Å². The second kappa shape index (κ2) is 5.07. The lowest BCUT2D eigenvalue weighted by Crippen LogP contribution is -2.22. The molecule has 0 bridgehead atoms. The Labute approximate surface area is 87.7 Å². The van der Waals surface area contributed by atoms with Gasteiger partial charge in [0.1, 0.15) is 5.69 Å². The van der Waals surface area contributed by atoms with Crippen molar-refractivity contribution < 1.29 is 4.79 Å². The fraction of sp³-hybridized carbons (Fsp3) is 0.444. The Kier molecular flexibility index (Phi) is 4.03. The van der Waals surface area contributed by atoms with Crippen LogP contribution in [0.2, 0.25) is 0 Å². The molecule has 0 aliphatic heterocycles. The highest BCUT2D eigenvalue weighted by molar-refractivity contribution is 7.98. The average Bonchev–Trinajstić information content (AvgIpc) is 2.17. The molecule has 0 amide bonds. The fourth-order valence-corrected chi connectivity index (χ4v) is 1.32. The van der Waals surface area contributed by atoms with Gasteiger partial charge in [-0.1, -0.05) is 11.8 Å². The summed E-state index contributed by atoms with van der Waals surface area (Å²) in [6.07, 6.45) is 3.50. The van der Waals surface area contributed by atoms with Crippen molar-refractivity contribution >= 4 is 17.5 Å². The smallest absolute Gasteiger partial charge is 0.195 e. The lowest BCUT2D eigenvalue weighted by molar-refractivity contribution is 0.0952. The molecule has 0 fully saturated rings. The summed E-state index contributed by atoms with van der Waals surface area (Å²) in [5.41, 5.74) is 0.484. The monoisotopic (exact) mass is 211 g/mol. The zero-order valence-electron chi connectivity index (χ0n) is 8.52. The standard InChI is InChI=1S/C9H13N3OS/c1-12(2)6-8(13)7-4-5-10-9(11-7)14-3/h4-5H,6H2,1-3H3. The minimum Gasteiger partial charge on any atom is -0.302 e. The first kappa shape index (κ1) is 11.1. The number of nitrogens with zero attached hydrogens (tertiary/aromatic N) is 3. The summed E-state index contributed by atoms with van der Waals surface area (Å²) in [6, 6.07) is 1.64. The maximum absolute atomic E-state index is 11.6. The predicted octanol–water partition coefficient (Wildman–Crippen LogP) is 0.943. The van der Waals surface area contributed by atoms with Crippen molar-refractivity contribution in [2.24, 2.45) is 0 Å². The van der Waals surface area contributed by atoms with Gasteiger partial charge in [0, 0.05) is 6.20 Å². The first-order valence-electron chi connectivity index (χ1n) is 4.18. The highest BCUT2D eigenvalue weighted by Crippen LogP contribution is 2.07. The van der Waals surface area contributed by atoms with Crippen LogP contribution in [0.25, 0.3) is 0 Å². The van der Waals surface area contributed by atoms with Gasteiger partial charge >= 0.3 is 0 Å². The van der Waals surface area contributed by atoms with E-state index in [9.17, 15) is 4.79 Å². The van der Waals surface area contributed by atoms with Gasteiger partial charge in [-0.2, -0.15) is 0 Å². The maximum atomic E-state index is 11.6. The Morgan fingerprint density at radius 3 is 2.86 bits per heavy atom. The van der Waals surface area contributed by atoms with Gasteiger partial charge in [0.05, 0.1) is 6.54 Å². The number of Topliss-reactive ketones (excluding diaryl/α,β-unsaturated/α-hetero) is 1. The first-order valence-corrected chi connectivity index (χ1v) is 5.41. The van der Waals surface area contributed by atoms with Crippen molar-refractivity contribution in [3.8, 4) is 0 Å². The van der Waals surface area contributed by atoms with E-state index in [2.05, 4.69) is 9.97 Å². The van der Waals surface area contributed by atoms with E-state index < -0.39 is 0 Å². The lowest BCUT2D eigenvalue weighted by atomic mass is 10.2. The van der Waals surface area contributed by atoms with Crippen LogP contribution in [0.3, 0.4) is 0 Å². The third-order valence-corrected chi connectivity index (χ3v) is 2.12. The van der Waals surface area contributed by atoms with Gasteiger partial charge in [0.15, 0.2) is 10.9 Å². The minimum absolute atomic E-state index is 0.0210. The van der Waals surface area contributed by atoms with Crippen LogP contribution < -0.4 is 0 Å². The summed E-state index contributed by atoms with van der Waals surface area (Å²) in [6.45, 7) is 0.380. The van der Waals surface area contributed by atoms with E-state index in [1.54, 1.807) is 12.3 Å². The maximum Gasteiger partial charge on any atom is 0.195 e. The zero-order valence-corrected chi connectivity index (χ0v) is 9.34. The SMILES string of the molecule is CSc1nccc(C(=O)CN(C)C)n1. The molecule has 0 radical (unpaired) electrons. The second-order valence-electron chi connectivity index (χ2n) is 3.09. The molecule has 5 heteroatoms. The predicted molar refractivity (Wildman–Crippen MR) is 56.7 cm³/mol. The van der Waals surface area contributed by atoms with Crippen molar-refractivity contribution in [1.29, 1.82) is 0 Å². The molecule has 0 N–H and O–H groups in total. The van der Waals surface area contributed by atoms with Crippen molar-refractivity contribution in [2.45, 2.75) is 5.16 Å². The quantitative estimate of drug-likeness (QED) is 0.421. The first-order chi connectivity index (χ1) is 6.63. The summed E-state index contributed by atoms with van der Waals surface area (Å²) in [4.78, 5) is 21.5. The van der Waals surface area contributed by atoms with E-state index in [0.717, 1.165) is 0 Å². The molecule has 0 aliphatic carbocycles. The fourth-order valence-electron chi connectivity index (χ4n) is 0.963. The van der Waals surface area contributed by atoms with E-state index in [1.165, 1.54) is 11.8 Å². The highest BCUT2D eigenvalue weighted by atomic mass is 32.2. The molecule has 1 aromatic rings. The number of ketones is 1. The second-order valence-corrected chi connectivity index (χ2v) is 3.86. The molecule has 0 saturated heterocycles. The number of carbonyl (C=O) groups excluding carboxylic acids is 1. The summed E-state index contributed by atoms with van der Waals surface area (Å²) in [7, 11) is 3.71. The Bertz CT molecular complexity index is 328. The van der Waals surface area contributed by atoms with Gasteiger partial charge in [-0.15, -0.1) is 0 Å². The molecule has 1 heterocycles. The van der Waals surface area contributed by atoms with E-state index in [0.29, 0.717) is 17.4 Å². The summed E-state index contributed by atoms with van der Waals surface area (Å²) >= 11 is 1.43. The van der Waals surface area contributed by atoms with Crippen molar-refractivity contribution in [3.63, 3.8) is 0 Å². The molecule has 14 heavy (non-hydrogen) atoms. The molecule has 4 nitrogen and oxygen atoms in total. The van der Waals surface area contributed by atoms with Gasteiger partial charge in [0.2, 0.25) is 0 Å². The van der Waals surface area contributed by atoms with Crippen LogP contribution in [0, 0.1) is 0 Å². The van der Waals surface area contributed by atoms with Crippen molar-refractivity contribution in [1.82, 2.24) is 14.9 Å². The minimum atomic E-state index is 0.0210. The van der Waals surface area contributed by atoms with Crippen LogP contribution in [0.15, 0.2) is 17.4 Å². The van der Waals surface area contributed by atoms with Gasteiger partial charge in [-0.05, 0) is 26.4 Å². The normalized spacial score (nSPS) is 10.6. The Balaban J connectivity index is 2.79. The van der Waals surface area contributed by atoms with E-state index in [-0.39, 0.29) is 5.78 Å².